The van der Waals surface area contributed by atoms with Crippen molar-refractivity contribution in [2.45, 2.75) is 80.7 Å². The minimum absolute atomic E-state index is 0. The molecule has 24 nitrogen and oxygen atoms in total. The Bertz CT molecular complexity index is 724. The van der Waals surface area contributed by atoms with E-state index < -0.39 is 23.1 Å². The topological polar surface area (TPSA) is 503 Å². The molecule has 0 unspecified atom stereocenters. The summed E-state index contributed by atoms with van der Waals surface area (Å²) in [7, 11) is 2.00. The molecule has 0 aromatic carbocycles. The van der Waals surface area contributed by atoms with E-state index in [0.29, 0.717) is 0 Å². The number of Topliss-reactive ketones (excluding diaryl/α,β-unsaturated/α-hetero) is 4. The number of ketones is 4. The summed E-state index contributed by atoms with van der Waals surface area (Å²) >= 11 is 0. The molecule has 0 rings (SSSR count). The summed E-state index contributed by atoms with van der Waals surface area (Å²) in [5.74, 6) is -1.72. The first kappa shape index (κ1) is 197. The van der Waals surface area contributed by atoms with E-state index in [4.69, 9.17) is 48.6 Å². The summed E-state index contributed by atoms with van der Waals surface area (Å²) in [6.07, 6.45) is -0.291. The number of aliphatic hydroxyl groups is 2. The van der Waals surface area contributed by atoms with Gasteiger partial charge in [-0.15, -0.1) is 0 Å². The number of rotatable bonds is 6. The summed E-state index contributed by atoms with van der Waals surface area (Å²) in [5, 5.41) is 14.0. The van der Waals surface area contributed by atoms with E-state index in [0.717, 1.165) is 38.0 Å². The van der Waals surface area contributed by atoms with E-state index in [1.807, 2.05) is 13.8 Å². The Balaban J connectivity index is -0.00000000605. The first-order chi connectivity index (χ1) is 17.1. The summed E-state index contributed by atoms with van der Waals surface area (Å²) in [5.41, 5.74) is 0. The smallest absolute Gasteiger partial charge is 0.373 e. The van der Waals surface area contributed by atoms with E-state index in [2.05, 4.69) is 0 Å². The SMILES string of the molecule is C.C.C.C.C.C.C.C.C.CC.CO.CO.O.O.O.O.O.O.O=C=C=O.O=C=C=O.O=C=O.O=C=O.O=CC(=O)C(=O)C=O.O=CC(=O)C(=O)C=O.[HH].[HH].[HH]. The molecule has 0 aliphatic heterocycles. The van der Waals surface area contributed by atoms with Gasteiger partial charge in [-0.1, -0.05) is 80.7 Å². The van der Waals surface area contributed by atoms with Crippen molar-refractivity contribution in [3.8, 4) is 0 Å². The lowest BCUT2D eigenvalue weighted by Crippen LogP contribution is -2.15. The van der Waals surface area contributed by atoms with Gasteiger partial charge in [0.1, 0.15) is 0 Å². The Kier molecular flexibility index (Phi) is 1220. The predicted molar refractivity (Wildman–Crippen MR) is 193 cm³/mol. The van der Waals surface area contributed by atoms with E-state index in [1.54, 1.807) is 0 Å². The second-order valence-electron chi connectivity index (χ2n) is 2.50. The average molecular weight is 781 g/mol. The van der Waals surface area contributed by atoms with Gasteiger partial charge in [-0.2, -0.15) is 19.2 Å². The molecule has 0 amide bonds. The molecule has 51 heavy (non-hydrogen) atoms. The number of carbonyl (C=O) groups is 8. The fourth-order valence-electron chi connectivity index (χ4n) is 0.232. The number of aliphatic hydroxyl groups excluding tert-OH is 2. The molecule has 0 heterocycles. The Labute approximate surface area is 303 Å². The van der Waals surface area contributed by atoms with Crippen LogP contribution in [-0.4, -0.2) is 142 Å². The van der Waals surface area contributed by atoms with Crippen LogP contribution in [-0.2, 0) is 76.7 Å². The molecule has 0 bridgehead atoms. The lowest BCUT2D eigenvalue weighted by molar-refractivity contribution is -0.193. The lowest BCUT2D eigenvalue weighted by atomic mass is 10.3. The first-order valence-corrected chi connectivity index (χ1v) is 7.44. The van der Waals surface area contributed by atoms with Gasteiger partial charge in [0.2, 0.25) is 23.8 Å². The molecule has 0 aromatic heterocycles. The van der Waals surface area contributed by atoms with E-state index >= 15 is 0 Å². The lowest BCUT2D eigenvalue weighted by Gasteiger charge is -1.72. The van der Waals surface area contributed by atoms with Crippen LogP contribution in [0.2, 0.25) is 0 Å². The number of hydrogen-bond donors (Lipinski definition) is 2. The maximum absolute atomic E-state index is 9.79. The van der Waals surface area contributed by atoms with Crippen LogP contribution in [0.5, 0.6) is 0 Å². The monoisotopic (exact) mass is 780 g/mol. The van der Waals surface area contributed by atoms with Crippen LogP contribution in [0.3, 0.4) is 0 Å². The van der Waals surface area contributed by atoms with Crippen molar-refractivity contribution in [2.75, 3.05) is 14.2 Å². The van der Waals surface area contributed by atoms with Crippen LogP contribution in [0.15, 0.2) is 0 Å². The van der Waals surface area contributed by atoms with E-state index in [-0.39, 0.29) is 141 Å². The fraction of sp³-hybridized carbons (Fsp3) is 0.481. The van der Waals surface area contributed by atoms with Gasteiger partial charge in [0.15, 0.2) is 25.1 Å². The van der Waals surface area contributed by atoms with Gasteiger partial charge in [-0.3, -0.25) is 38.4 Å². The van der Waals surface area contributed by atoms with Gasteiger partial charge in [-0.05, 0) is 0 Å². The van der Waals surface area contributed by atoms with Crippen molar-refractivity contribution in [3.05, 3.63) is 0 Å². The number of carbonyl (C=O) groups excluding carboxylic acids is 16. The van der Waals surface area contributed by atoms with Crippen molar-refractivity contribution < 1.29 is 124 Å². The molecule has 14 N–H and O–H groups in total. The highest BCUT2D eigenvalue weighted by Gasteiger charge is 2.09. The highest BCUT2D eigenvalue weighted by atomic mass is 16.2. The van der Waals surface area contributed by atoms with Crippen LogP contribution in [0.25, 0.3) is 0 Å². The first-order valence-electron chi connectivity index (χ1n) is 7.44. The third-order valence-corrected chi connectivity index (χ3v) is 0.997. The van der Waals surface area contributed by atoms with Gasteiger partial charge in [0.05, 0.1) is 0 Å². The highest BCUT2D eigenvalue weighted by molar-refractivity contribution is 6.71. The van der Waals surface area contributed by atoms with Gasteiger partial charge >= 0.3 is 12.3 Å². The van der Waals surface area contributed by atoms with Crippen molar-refractivity contribution >= 4 is 84.3 Å². The van der Waals surface area contributed by atoms with Gasteiger partial charge in [-0.25, -0.2) is 19.2 Å². The van der Waals surface area contributed by atoms with Gasteiger partial charge in [0, 0.05) is 18.5 Å². The van der Waals surface area contributed by atoms with Crippen LogP contribution in [0.4, 0.5) is 0 Å². The van der Waals surface area contributed by atoms with Crippen molar-refractivity contribution in [3.63, 3.8) is 0 Å². The molecule has 0 saturated carbocycles. The standard InChI is InChI=1S/2C4H2O4.2C2O2.C2H6.2CO2.2CH4O.9CH4.6H2O.3H2/c2*5-1-3(7)4(8)2-6;2*3-1-2-4;1-2;2*2-1-3;2*1-2;;;;;;;;;;;;;;;;;;/h2*1-2H;;;1-2H3;;;2*2H,1H3;9*1H4;6*1H2;3*1H. The summed E-state index contributed by atoms with van der Waals surface area (Å²) in [6.45, 7) is 4.00. The molecule has 324 valence electrons. The molecule has 0 aliphatic rings. The van der Waals surface area contributed by atoms with Crippen LogP contribution < -0.4 is 0 Å². The quantitative estimate of drug-likeness (QED) is 0.112. The highest BCUT2D eigenvalue weighted by Crippen LogP contribution is 1.63. The summed E-state index contributed by atoms with van der Waals surface area (Å²) in [6, 6.07) is 0. The second-order valence-corrected chi connectivity index (χ2v) is 2.50. The number of hydrogen-bond acceptors (Lipinski definition) is 18. The third kappa shape index (κ3) is 533. The van der Waals surface area contributed by atoms with E-state index in [9.17, 15) is 38.4 Å². The second kappa shape index (κ2) is 316. The Morgan fingerprint density at radius 1 is 0.353 bits per heavy atom. The van der Waals surface area contributed by atoms with Crippen molar-refractivity contribution in [2.24, 2.45) is 0 Å². The van der Waals surface area contributed by atoms with Crippen molar-refractivity contribution in [1.82, 2.24) is 0 Å². The largest absolute Gasteiger partial charge is 0.412 e. The zero-order chi connectivity index (χ0) is 31.4. The summed E-state index contributed by atoms with van der Waals surface area (Å²) < 4.78 is 0. The average Bonchev–Trinajstić information content (AvgIpc) is 2.95. The maximum atomic E-state index is 9.79. The number of aldehydes is 4. The van der Waals surface area contributed by atoms with Crippen LogP contribution in [0.1, 0.15) is 85.0 Å². The maximum Gasteiger partial charge on any atom is 0.373 e. The zero-order valence-electron chi connectivity index (χ0n) is 21.7. The minimum atomic E-state index is -1.31. The third-order valence-electron chi connectivity index (χ3n) is 0.997. The Morgan fingerprint density at radius 3 is 0.431 bits per heavy atom. The molecule has 0 atom stereocenters. The molecule has 24 heteroatoms. The molecular formula is C27H72O24. The molecule has 0 radical (unpaired) electrons. The molecule has 0 spiro atoms. The molecule has 0 aromatic rings. The molecular weight excluding hydrogens is 708 g/mol. The van der Waals surface area contributed by atoms with Crippen molar-refractivity contribution in [1.29, 1.82) is 0 Å². The van der Waals surface area contributed by atoms with Gasteiger partial charge < -0.3 is 43.1 Å². The van der Waals surface area contributed by atoms with Gasteiger partial charge in [0.25, 0.3) is 23.1 Å². The Morgan fingerprint density at radius 2 is 0.412 bits per heavy atom. The van der Waals surface area contributed by atoms with E-state index in [1.165, 1.54) is 0 Å². The normalized spacial score (nSPS) is 3.49. The predicted octanol–water partition coefficient (Wildman–Crippen LogP) is -3.95. The molecule has 0 aliphatic carbocycles. The Hall–Kier alpha value is -5.88. The van der Waals surface area contributed by atoms with Crippen LogP contribution in [0, 0.1) is 0 Å². The molecule has 0 fully saturated rings. The fourth-order valence-corrected chi connectivity index (χ4v) is 0.232. The minimum Gasteiger partial charge on any atom is -0.412 e. The van der Waals surface area contributed by atoms with Crippen LogP contribution >= 0.6 is 0 Å². The zero-order valence-corrected chi connectivity index (χ0v) is 21.7. The molecule has 0 saturated heterocycles. The summed E-state index contributed by atoms with van der Waals surface area (Å²) in [4.78, 5) is 144.